The van der Waals surface area contributed by atoms with E-state index < -0.39 is 6.03 Å². The molecule has 0 spiro atoms. The zero-order valence-corrected chi connectivity index (χ0v) is 15.6. The van der Waals surface area contributed by atoms with Gasteiger partial charge in [-0.1, -0.05) is 49.0 Å². The number of carbonyl (C=O) groups is 2. The highest BCUT2D eigenvalue weighted by Crippen LogP contribution is 2.40. The van der Waals surface area contributed by atoms with E-state index in [0.29, 0.717) is 24.2 Å². The predicted molar refractivity (Wildman–Crippen MR) is 100 cm³/mol. The van der Waals surface area contributed by atoms with Crippen LogP contribution in [0.4, 0.5) is 4.79 Å². The molecule has 2 aromatic rings. The summed E-state index contributed by atoms with van der Waals surface area (Å²) in [6.45, 7) is 3.18. The van der Waals surface area contributed by atoms with E-state index in [9.17, 15) is 9.59 Å². The summed E-state index contributed by atoms with van der Waals surface area (Å²) in [7, 11) is 0. The fourth-order valence-corrected chi connectivity index (χ4v) is 3.29. The molecule has 0 radical (unpaired) electrons. The molecule has 8 heteroatoms. The number of nitrogens with one attached hydrogen (secondary N) is 2. The number of rotatable bonds is 8. The summed E-state index contributed by atoms with van der Waals surface area (Å²) in [5.41, 5.74) is 1.17. The monoisotopic (exact) mass is 373 g/mol. The number of carbonyl (C=O) groups excluding carboxylic acids is 2. The lowest BCUT2D eigenvalue weighted by molar-refractivity contribution is -0.117. The van der Waals surface area contributed by atoms with E-state index in [1.807, 2.05) is 25.1 Å². The van der Waals surface area contributed by atoms with Gasteiger partial charge in [-0.2, -0.15) is 0 Å². The summed E-state index contributed by atoms with van der Waals surface area (Å²) in [4.78, 5) is 23.5. The largest absolute Gasteiger partial charge is 0.338 e. The van der Waals surface area contributed by atoms with Crippen molar-refractivity contribution in [1.29, 1.82) is 0 Å². The lowest BCUT2D eigenvalue weighted by atomic mass is 10.2. The van der Waals surface area contributed by atoms with Crippen LogP contribution in [0.25, 0.3) is 0 Å². The quantitative estimate of drug-likeness (QED) is 0.694. The van der Waals surface area contributed by atoms with Crippen LogP contribution >= 0.6 is 11.8 Å². The Morgan fingerprint density at radius 2 is 2.00 bits per heavy atom. The summed E-state index contributed by atoms with van der Waals surface area (Å²) in [6.07, 6.45) is 3.09. The van der Waals surface area contributed by atoms with Gasteiger partial charge in [-0.05, 0) is 24.8 Å². The van der Waals surface area contributed by atoms with Gasteiger partial charge in [-0.25, -0.2) is 4.79 Å². The van der Waals surface area contributed by atoms with Gasteiger partial charge in [0.1, 0.15) is 5.82 Å². The summed E-state index contributed by atoms with van der Waals surface area (Å²) in [6, 6.07) is 9.67. The fraction of sp³-hybridized carbons (Fsp3) is 0.444. The Hall–Kier alpha value is -2.35. The number of aromatic nitrogens is 3. The smallest absolute Gasteiger partial charge is 0.321 e. The Morgan fingerprint density at radius 1 is 1.23 bits per heavy atom. The maximum atomic E-state index is 12.0. The zero-order valence-electron chi connectivity index (χ0n) is 14.8. The van der Waals surface area contributed by atoms with Crippen molar-refractivity contribution in [3.8, 4) is 0 Å². The van der Waals surface area contributed by atoms with Crippen molar-refractivity contribution in [1.82, 2.24) is 25.4 Å². The molecule has 1 aromatic carbocycles. The van der Waals surface area contributed by atoms with Crippen LogP contribution in [0.3, 0.4) is 0 Å². The van der Waals surface area contributed by atoms with Crippen LogP contribution in [-0.2, 0) is 11.3 Å². The lowest BCUT2D eigenvalue weighted by Gasteiger charge is -2.10. The maximum Gasteiger partial charge on any atom is 0.321 e. The van der Waals surface area contributed by atoms with E-state index >= 15 is 0 Å². The minimum Gasteiger partial charge on any atom is -0.338 e. The second-order valence-corrected chi connectivity index (χ2v) is 7.22. The van der Waals surface area contributed by atoms with E-state index in [1.165, 1.54) is 17.3 Å². The minimum atomic E-state index is -0.457. The molecular weight excluding hydrogens is 350 g/mol. The molecular formula is C18H23N5O2S. The summed E-state index contributed by atoms with van der Waals surface area (Å²) in [5, 5.41) is 14.3. The van der Waals surface area contributed by atoms with E-state index in [2.05, 4.69) is 37.5 Å². The number of benzene rings is 1. The van der Waals surface area contributed by atoms with E-state index in [-0.39, 0.29) is 11.7 Å². The SMILES string of the molecule is CCCNC(=O)NC(=O)CSc1nnc(C2CC2)n1Cc1ccccc1. The van der Waals surface area contributed by atoms with Crippen LogP contribution in [0.5, 0.6) is 0 Å². The van der Waals surface area contributed by atoms with Crippen LogP contribution < -0.4 is 10.6 Å². The highest BCUT2D eigenvalue weighted by Gasteiger charge is 2.30. The molecule has 1 fully saturated rings. The van der Waals surface area contributed by atoms with Gasteiger partial charge in [-0.3, -0.25) is 10.1 Å². The molecule has 0 unspecified atom stereocenters. The van der Waals surface area contributed by atoms with Gasteiger partial charge in [0.15, 0.2) is 5.16 Å². The van der Waals surface area contributed by atoms with Crippen molar-refractivity contribution in [3.63, 3.8) is 0 Å². The van der Waals surface area contributed by atoms with Crippen LogP contribution in [-0.4, -0.2) is 39.0 Å². The number of amides is 3. The normalized spacial score (nSPS) is 13.4. The van der Waals surface area contributed by atoms with Gasteiger partial charge >= 0.3 is 6.03 Å². The van der Waals surface area contributed by atoms with Gasteiger partial charge in [0.05, 0.1) is 12.3 Å². The second-order valence-electron chi connectivity index (χ2n) is 6.28. The van der Waals surface area contributed by atoms with Crippen LogP contribution in [0.2, 0.25) is 0 Å². The third-order valence-corrected chi connectivity index (χ3v) is 4.96. The Morgan fingerprint density at radius 3 is 2.69 bits per heavy atom. The first-order chi connectivity index (χ1) is 12.7. The second kappa shape index (κ2) is 8.84. The third-order valence-electron chi connectivity index (χ3n) is 3.99. The number of urea groups is 1. The van der Waals surface area contributed by atoms with Gasteiger partial charge in [0.2, 0.25) is 5.91 Å². The van der Waals surface area contributed by atoms with Crippen molar-refractivity contribution in [3.05, 3.63) is 41.7 Å². The standard InChI is InChI=1S/C18H23N5O2S/c1-2-10-19-17(25)20-15(24)12-26-18-22-21-16(14-8-9-14)23(18)11-13-6-4-3-5-7-13/h3-7,14H,2,8-12H2,1H3,(H2,19,20,24,25). The summed E-state index contributed by atoms with van der Waals surface area (Å²) < 4.78 is 2.09. The molecule has 0 atom stereocenters. The summed E-state index contributed by atoms with van der Waals surface area (Å²) >= 11 is 1.30. The average Bonchev–Trinajstić information content (AvgIpc) is 3.41. The van der Waals surface area contributed by atoms with Crippen molar-refractivity contribution in [2.45, 2.75) is 43.8 Å². The van der Waals surface area contributed by atoms with E-state index in [4.69, 9.17) is 0 Å². The van der Waals surface area contributed by atoms with Crippen molar-refractivity contribution < 1.29 is 9.59 Å². The fourth-order valence-electron chi connectivity index (χ4n) is 2.54. The lowest BCUT2D eigenvalue weighted by Crippen LogP contribution is -2.40. The number of thioether (sulfide) groups is 1. The minimum absolute atomic E-state index is 0.122. The maximum absolute atomic E-state index is 12.0. The van der Waals surface area contributed by atoms with Crippen molar-refractivity contribution in [2.24, 2.45) is 0 Å². The number of nitrogens with zero attached hydrogens (tertiary/aromatic N) is 3. The highest BCUT2D eigenvalue weighted by atomic mass is 32.2. The third kappa shape index (κ3) is 5.08. The molecule has 1 aromatic heterocycles. The van der Waals surface area contributed by atoms with E-state index in [1.54, 1.807) is 0 Å². The highest BCUT2D eigenvalue weighted by molar-refractivity contribution is 7.99. The topological polar surface area (TPSA) is 88.9 Å². The van der Waals surface area contributed by atoms with Crippen LogP contribution in [0.1, 0.15) is 43.5 Å². The molecule has 1 aliphatic carbocycles. The molecule has 0 saturated heterocycles. The average molecular weight is 373 g/mol. The molecule has 0 bridgehead atoms. The molecule has 3 amide bonds. The Bertz CT molecular complexity index is 758. The first kappa shape index (κ1) is 18.4. The van der Waals surface area contributed by atoms with Crippen LogP contribution in [0, 0.1) is 0 Å². The molecule has 7 nitrogen and oxygen atoms in total. The number of hydrogen-bond acceptors (Lipinski definition) is 5. The number of imide groups is 1. The summed E-state index contributed by atoms with van der Waals surface area (Å²) in [5.74, 6) is 1.23. The Balaban J connectivity index is 1.62. The molecule has 1 aliphatic rings. The predicted octanol–water partition coefficient (Wildman–Crippen LogP) is 2.53. The zero-order chi connectivity index (χ0) is 18.4. The first-order valence-corrected chi connectivity index (χ1v) is 9.83. The first-order valence-electron chi connectivity index (χ1n) is 8.85. The Labute approximate surface area is 157 Å². The molecule has 3 rings (SSSR count). The molecule has 26 heavy (non-hydrogen) atoms. The molecule has 138 valence electrons. The van der Waals surface area contributed by atoms with Crippen molar-refractivity contribution in [2.75, 3.05) is 12.3 Å². The van der Waals surface area contributed by atoms with Gasteiger partial charge in [-0.15, -0.1) is 10.2 Å². The molecule has 1 heterocycles. The van der Waals surface area contributed by atoms with Gasteiger partial charge in [0, 0.05) is 12.5 Å². The molecule has 2 N–H and O–H groups in total. The van der Waals surface area contributed by atoms with Gasteiger partial charge in [0.25, 0.3) is 0 Å². The number of hydrogen-bond donors (Lipinski definition) is 2. The van der Waals surface area contributed by atoms with Gasteiger partial charge < -0.3 is 9.88 Å². The molecule has 1 saturated carbocycles. The molecule has 0 aliphatic heterocycles. The van der Waals surface area contributed by atoms with Crippen molar-refractivity contribution >= 4 is 23.7 Å². The van der Waals surface area contributed by atoms with E-state index in [0.717, 1.165) is 25.1 Å². The van der Waals surface area contributed by atoms with Crippen LogP contribution in [0.15, 0.2) is 35.5 Å². The Kier molecular flexibility index (Phi) is 6.27.